The minimum absolute atomic E-state index is 0.168. The molecule has 2 rings (SSSR count). The van der Waals surface area contributed by atoms with Crippen molar-refractivity contribution in [3.8, 4) is 0 Å². The Kier molecular flexibility index (Phi) is 4.78. The van der Waals surface area contributed by atoms with E-state index in [0.717, 1.165) is 29.8 Å². The second kappa shape index (κ2) is 6.34. The number of hydrogen-bond acceptors (Lipinski definition) is 4. The van der Waals surface area contributed by atoms with E-state index in [2.05, 4.69) is 23.0 Å². The Balaban J connectivity index is 1.70. The van der Waals surface area contributed by atoms with Crippen LogP contribution in [0.4, 0.5) is 0 Å². The van der Waals surface area contributed by atoms with Gasteiger partial charge in [0.05, 0.1) is 13.5 Å². The molecule has 1 aromatic rings. The topological polar surface area (TPSA) is 38.3 Å². The summed E-state index contributed by atoms with van der Waals surface area (Å²) in [6.45, 7) is 4.32. The van der Waals surface area contributed by atoms with E-state index in [4.69, 9.17) is 0 Å². The van der Waals surface area contributed by atoms with Crippen molar-refractivity contribution in [2.24, 2.45) is 11.8 Å². The van der Waals surface area contributed by atoms with E-state index in [1.54, 1.807) is 11.3 Å². The molecular weight excluding hydrogens is 246 g/mol. The summed E-state index contributed by atoms with van der Waals surface area (Å²) in [5, 5.41) is 3.50. The number of nitrogens with one attached hydrogen (secondary N) is 1. The summed E-state index contributed by atoms with van der Waals surface area (Å²) < 4.78 is 4.66. The molecule has 1 aliphatic rings. The van der Waals surface area contributed by atoms with E-state index in [9.17, 15) is 4.79 Å². The number of hydrogen-bond donors (Lipinski definition) is 1. The van der Waals surface area contributed by atoms with Gasteiger partial charge in [0, 0.05) is 16.3 Å². The Morgan fingerprint density at radius 1 is 1.50 bits per heavy atom. The average Bonchev–Trinajstić information content (AvgIpc) is 3.12. The molecule has 1 fully saturated rings. The molecular formula is C14H21NO2S. The molecule has 0 aromatic carbocycles. The molecule has 1 unspecified atom stereocenters. The predicted molar refractivity (Wildman–Crippen MR) is 73.6 cm³/mol. The van der Waals surface area contributed by atoms with Crippen molar-refractivity contribution in [1.29, 1.82) is 0 Å². The maximum Gasteiger partial charge on any atom is 0.310 e. The van der Waals surface area contributed by atoms with Crippen LogP contribution >= 0.6 is 11.3 Å². The van der Waals surface area contributed by atoms with Gasteiger partial charge in [-0.1, -0.05) is 6.92 Å². The number of ether oxygens (including phenoxy) is 1. The van der Waals surface area contributed by atoms with Crippen LogP contribution in [0.5, 0.6) is 0 Å². The van der Waals surface area contributed by atoms with Crippen molar-refractivity contribution in [1.82, 2.24) is 5.32 Å². The Bertz CT molecular complexity index is 398. The lowest BCUT2D eigenvalue weighted by Crippen LogP contribution is -2.21. The Labute approximate surface area is 113 Å². The van der Waals surface area contributed by atoms with Gasteiger partial charge in [-0.2, -0.15) is 0 Å². The molecule has 1 atom stereocenters. The highest BCUT2D eigenvalue weighted by atomic mass is 32.1. The van der Waals surface area contributed by atoms with Crippen LogP contribution in [0.3, 0.4) is 0 Å². The summed E-state index contributed by atoms with van der Waals surface area (Å²) in [6, 6.07) is 4.11. The second-order valence-corrected chi connectivity index (χ2v) is 6.32. The first kappa shape index (κ1) is 13.6. The standard InChI is InChI=1S/C14H21NO2S/c1-10(11-3-4-11)8-15-9-13-6-5-12(18-13)7-14(16)17-2/h5-6,10-11,15H,3-4,7-9H2,1-2H3. The van der Waals surface area contributed by atoms with Gasteiger partial charge < -0.3 is 10.1 Å². The maximum atomic E-state index is 11.1. The van der Waals surface area contributed by atoms with E-state index in [-0.39, 0.29) is 5.97 Å². The van der Waals surface area contributed by atoms with Gasteiger partial charge in [0.25, 0.3) is 0 Å². The number of thiophene rings is 1. The first-order chi connectivity index (χ1) is 8.69. The van der Waals surface area contributed by atoms with Gasteiger partial charge in [0.2, 0.25) is 0 Å². The van der Waals surface area contributed by atoms with Crippen LogP contribution < -0.4 is 5.32 Å². The molecule has 18 heavy (non-hydrogen) atoms. The minimum atomic E-state index is -0.168. The summed E-state index contributed by atoms with van der Waals surface area (Å²) in [5.41, 5.74) is 0. The third kappa shape index (κ3) is 4.10. The molecule has 100 valence electrons. The van der Waals surface area contributed by atoms with Crippen LogP contribution in [-0.4, -0.2) is 19.6 Å². The van der Waals surface area contributed by atoms with Crippen LogP contribution in [-0.2, 0) is 22.5 Å². The molecule has 0 bridgehead atoms. The summed E-state index contributed by atoms with van der Waals surface area (Å²) in [6.07, 6.45) is 3.20. The van der Waals surface area contributed by atoms with E-state index >= 15 is 0 Å². The van der Waals surface area contributed by atoms with Crippen molar-refractivity contribution in [2.45, 2.75) is 32.7 Å². The lowest BCUT2D eigenvalue weighted by Gasteiger charge is -2.10. The monoisotopic (exact) mass is 267 g/mol. The molecule has 4 heteroatoms. The largest absolute Gasteiger partial charge is 0.469 e. The molecule has 0 amide bonds. The zero-order chi connectivity index (χ0) is 13.0. The van der Waals surface area contributed by atoms with Crippen LogP contribution in [0.1, 0.15) is 29.5 Å². The Morgan fingerprint density at radius 2 is 2.22 bits per heavy atom. The normalized spacial score (nSPS) is 16.6. The van der Waals surface area contributed by atoms with Crippen molar-refractivity contribution in [3.05, 3.63) is 21.9 Å². The van der Waals surface area contributed by atoms with Gasteiger partial charge >= 0.3 is 5.97 Å². The summed E-state index contributed by atoms with van der Waals surface area (Å²) in [5.74, 6) is 1.58. The molecule has 0 saturated heterocycles. The summed E-state index contributed by atoms with van der Waals surface area (Å²) in [4.78, 5) is 13.5. The average molecular weight is 267 g/mol. The van der Waals surface area contributed by atoms with Crippen molar-refractivity contribution in [3.63, 3.8) is 0 Å². The van der Waals surface area contributed by atoms with E-state index in [1.165, 1.54) is 24.8 Å². The van der Waals surface area contributed by atoms with Crippen molar-refractivity contribution < 1.29 is 9.53 Å². The fourth-order valence-electron chi connectivity index (χ4n) is 2.08. The summed E-state index contributed by atoms with van der Waals surface area (Å²) in [7, 11) is 1.43. The Hall–Kier alpha value is -0.870. The van der Waals surface area contributed by atoms with Crippen LogP contribution in [0.2, 0.25) is 0 Å². The zero-order valence-corrected chi connectivity index (χ0v) is 11.9. The number of rotatable bonds is 7. The van der Waals surface area contributed by atoms with Gasteiger partial charge in [0.15, 0.2) is 0 Å². The van der Waals surface area contributed by atoms with Gasteiger partial charge in [-0.3, -0.25) is 4.79 Å². The number of carbonyl (C=O) groups excluding carboxylic acids is 1. The minimum Gasteiger partial charge on any atom is -0.469 e. The number of carbonyl (C=O) groups is 1. The van der Waals surface area contributed by atoms with Crippen LogP contribution in [0.25, 0.3) is 0 Å². The van der Waals surface area contributed by atoms with E-state index < -0.39 is 0 Å². The van der Waals surface area contributed by atoms with Gasteiger partial charge in [-0.05, 0) is 43.4 Å². The fourth-order valence-corrected chi connectivity index (χ4v) is 3.05. The zero-order valence-electron chi connectivity index (χ0n) is 11.1. The molecule has 1 aromatic heterocycles. The van der Waals surface area contributed by atoms with Crippen LogP contribution in [0, 0.1) is 11.8 Å². The van der Waals surface area contributed by atoms with Gasteiger partial charge in [-0.25, -0.2) is 0 Å². The molecule has 1 N–H and O–H groups in total. The highest BCUT2D eigenvalue weighted by Crippen LogP contribution is 2.36. The third-order valence-corrected chi connectivity index (χ3v) is 4.54. The highest BCUT2D eigenvalue weighted by Gasteiger charge is 2.27. The fraction of sp³-hybridized carbons (Fsp3) is 0.643. The van der Waals surface area contributed by atoms with Crippen molar-refractivity contribution >= 4 is 17.3 Å². The first-order valence-electron chi connectivity index (χ1n) is 6.54. The highest BCUT2D eigenvalue weighted by molar-refractivity contribution is 7.12. The number of methoxy groups -OCH3 is 1. The maximum absolute atomic E-state index is 11.1. The molecule has 0 spiro atoms. The van der Waals surface area contributed by atoms with Gasteiger partial charge in [0.1, 0.15) is 0 Å². The van der Waals surface area contributed by atoms with E-state index in [0.29, 0.717) is 6.42 Å². The molecule has 3 nitrogen and oxygen atoms in total. The second-order valence-electron chi connectivity index (χ2n) is 5.07. The smallest absolute Gasteiger partial charge is 0.310 e. The quantitative estimate of drug-likeness (QED) is 0.772. The molecule has 1 aliphatic carbocycles. The third-order valence-electron chi connectivity index (χ3n) is 3.46. The lowest BCUT2D eigenvalue weighted by atomic mass is 10.1. The molecule has 1 heterocycles. The lowest BCUT2D eigenvalue weighted by molar-refractivity contribution is -0.139. The first-order valence-corrected chi connectivity index (χ1v) is 7.36. The summed E-state index contributed by atoms with van der Waals surface area (Å²) >= 11 is 1.69. The molecule has 0 radical (unpaired) electrons. The predicted octanol–water partition coefficient (Wildman–Crippen LogP) is 2.60. The van der Waals surface area contributed by atoms with Crippen molar-refractivity contribution in [2.75, 3.05) is 13.7 Å². The van der Waals surface area contributed by atoms with Crippen LogP contribution in [0.15, 0.2) is 12.1 Å². The number of esters is 1. The van der Waals surface area contributed by atoms with Gasteiger partial charge in [-0.15, -0.1) is 11.3 Å². The molecule has 0 aliphatic heterocycles. The van der Waals surface area contributed by atoms with E-state index in [1.807, 2.05) is 6.07 Å². The SMILES string of the molecule is COC(=O)Cc1ccc(CNCC(C)C2CC2)s1. The Morgan fingerprint density at radius 3 is 2.89 bits per heavy atom. The molecule has 1 saturated carbocycles.